The number of carbonyl (C=O) groups excluding carboxylic acids is 1. The van der Waals surface area contributed by atoms with Gasteiger partial charge in [0.05, 0.1) is 25.2 Å². The molecular formula is C23H38IN2O6P. The molecule has 1 saturated heterocycles. The number of nitrogens with zero attached hydrogens (tertiary/aromatic N) is 2. The molecule has 5 atom stereocenters. The Morgan fingerprint density at radius 3 is 2.73 bits per heavy atom. The molecule has 0 aromatic rings. The van der Waals surface area contributed by atoms with E-state index in [0.29, 0.717) is 19.4 Å². The highest BCUT2D eigenvalue weighted by atomic mass is 127. The summed E-state index contributed by atoms with van der Waals surface area (Å²) < 4.78 is 31.5. The Morgan fingerprint density at radius 1 is 1.27 bits per heavy atom. The van der Waals surface area contributed by atoms with E-state index >= 15 is 0 Å². The van der Waals surface area contributed by atoms with Crippen molar-refractivity contribution in [2.75, 3.05) is 13.2 Å². The Hall–Kier alpha value is -0.500. The molecule has 1 heterocycles. The zero-order valence-corrected chi connectivity index (χ0v) is 23.2. The molecule has 2 aliphatic rings. The van der Waals surface area contributed by atoms with Crippen molar-refractivity contribution >= 4 is 37.3 Å². The first kappa shape index (κ1) is 28.7. The molecule has 0 N–H and O–H groups in total. The van der Waals surface area contributed by atoms with Crippen LogP contribution in [0.3, 0.4) is 0 Å². The fourth-order valence-corrected chi connectivity index (χ4v) is 6.51. The molecule has 1 fully saturated rings. The number of nitriles is 1. The van der Waals surface area contributed by atoms with E-state index < -0.39 is 20.8 Å². The van der Waals surface area contributed by atoms with Crippen LogP contribution in [-0.2, 0) is 23.3 Å². The minimum atomic E-state index is -1.40. The Balaban J connectivity index is 1.95. The number of allylic oxidation sites excluding steroid dienone is 1. The lowest BCUT2D eigenvalue weighted by molar-refractivity contribution is -0.0283. The van der Waals surface area contributed by atoms with Crippen molar-refractivity contribution in [2.45, 2.75) is 107 Å². The largest absolute Gasteiger partial charge is 0.508 e. The van der Waals surface area contributed by atoms with Crippen molar-refractivity contribution in [1.82, 2.24) is 4.67 Å². The van der Waals surface area contributed by atoms with Gasteiger partial charge >= 0.3 is 6.16 Å². The topological polar surface area (TPSA) is 90.3 Å². The van der Waals surface area contributed by atoms with Gasteiger partial charge in [-0.25, -0.2) is 9.46 Å². The van der Waals surface area contributed by atoms with Gasteiger partial charge in [-0.1, -0.05) is 35.1 Å². The van der Waals surface area contributed by atoms with Crippen molar-refractivity contribution in [1.29, 1.82) is 5.26 Å². The van der Waals surface area contributed by atoms with Crippen LogP contribution in [-0.4, -0.2) is 58.5 Å². The van der Waals surface area contributed by atoms with Crippen molar-refractivity contribution in [3.63, 3.8) is 0 Å². The van der Waals surface area contributed by atoms with E-state index in [9.17, 15) is 4.79 Å². The van der Waals surface area contributed by atoms with E-state index in [1.165, 1.54) is 6.42 Å². The molecule has 1 aliphatic heterocycles. The Bertz CT molecular complexity index is 651. The van der Waals surface area contributed by atoms with Crippen molar-refractivity contribution < 1.29 is 28.1 Å². The SMILES string of the molecule is CC(C)N(C(C)C)P(OCCC#N)O[C@H]1CC(I)OC1COC(=O)OC1/C=C/CCCCC1. The van der Waals surface area contributed by atoms with Crippen molar-refractivity contribution in [2.24, 2.45) is 0 Å². The van der Waals surface area contributed by atoms with E-state index in [4.69, 9.17) is 28.5 Å². The summed E-state index contributed by atoms with van der Waals surface area (Å²) in [5, 5.41) is 8.90. The number of ether oxygens (including phenoxy) is 3. The number of alkyl halides is 1. The summed E-state index contributed by atoms with van der Waals surface area (Å²) in [4.78, 5) is 12.3. The minimum Gasteiger partial charge on any atom is -0.431 e. The molecule has 188 valence electrons. The maximum atomic E-state index is 12.3. The molecule has 0 aromatic heterocycles. The first-order valence-electron chi connectivity index (χ1n) is 11.9. The third-order valence-corrected chi connectivity index (χ3v) is 8.32. The molecule has 4 unspecified atom stereocenters. The maximum Gasteiger partial charge on any atom is 0.508 e. The monoisotopic (exact) mass is 596 g/mol. The second-order valence-corrected chi connectivity index (χ2v) is 11.6. The molecule has 0 spiro atoms. The van der Waals surface area contributed by atoms with E-state index in [2.05, 4.69) is 67.1 Å². The van der Waals surface area contributed by atoms with Crippen molar-refractivity contribution in [3.8, 4) is 6.07 Å². The summed E-state index contributed by atoms with van der Waals surface area (Å²) in [6.07, 6.45) is 8.60. The number of halogens is 1. The maximum absolute atomic E-state index is 12.3. The summed E-state index contributed by atoms with van der Waals surface area (Å²) in [7, 11) is -1.40. The van der Waals surface area contributed by atoms with Gasteiger partial charge in [0, 0.05) is 18.5 Å². The second-order valence-electron chi connectivity index (χ2n) is 8.79. The van der Waals surface area contributed by atoms with Crippen LogP contribution >= 0.6 is 31.1 Å². The molecule has 1 aliphatic carbocycles. The van der Waals surface area contributed by atoms with Crippen LogP contribution < -0.4 is 0 Å². The molecule has 2 rings (SSSR count). The van der Waals surface area contributed by atoms with Crippen LogP contribution in [0.2, 0.25) is 0 Å². The second kappa shape index (κ2) is 15.5. The molecular weight excluding hydrogens is 558 g/mol. The smallest absolute Gasteiger partial charge is 0.431 e. The summed E-state index contributed by atoms with van der Waals surface area (Å²) >= 11 is 2.22. The standard InChI is InChI=1S/C23H38IN2O6P/c1-17(2)26(18(3)4)33(29-14-10-13-25)32-20-15-22(24)31-21(20)16-28-23(27)30-19-11-8-6-5-7-9-12-19/h8,11,17-22H,5-7,9-10,12,14-16H2,1-4H3/b11-8+/t19?,20-,21?,22?,33?/m0/s1. The molecule has 33 heavy (non-hydrogen) atoms. The quantitative estimate of drug-likeness (QED) is 0.0692. The molecule has 0 amide bonds. The van der Waals surface area contributed by atoms with Gasteiger partial charge in [0.2, 0.25) is 0 Å². The Kier molecular flexibility index (Phi) is 13.5. The Morgan fingerprint density at radius 2 is 2.03 bits per heavy atom. The van der Waals surface area contributed by atoms with Gasteiger partial charge in [-0.15, -0.1) is 0 Å². The third-order valence-electron chi connectivity index (χ3n) is 5.37. The predicted octanol–water partition coefficient (Wildman–Crippen LogP) is 6.24. The molecule has 0 saturated carbocycles. The van der Waals surface area contributed by atoms with Gasteiger partial charge in [0.15, 0.2) is 0 Å². The molecule has 0 aromatic carbocycles. The van der Waals surface area contributed by atoms with Gasteiger partial charge < -0.3 is 23.3 Å². The molecule has 10 heteroatoms. The lowest BCUT2D eigenvalue weighted by Gasteiger charge is -2.37. The van der Waals surface area contributed by atoms with Crippen LogP contribution in [0.5, 0.6) is 0 Å². The first-order chi connectivity index (χ1) is 15.8. The number of rotatable bonds is 11. The minimum absolute atomic E-state index is 0.0479. The van der Waals surface area contributed by atoms with Gasteiger partial charge in [-0.05, 0) is 59.5 Å². The fourth-order valence-electron chi connectivity index (χ4n) is 3.87. The van der Waals surface area contributed by atoms with Gasteiger partial charge in [0.1, 0.15) is 22.9 Å². The van der Waals surface area contributed by atoms with Crippen LogP contribution in [0.1, 0.15) is 72.6 Å². The van der Waals surface area contributed by atoms with E-state index in [1.807, 2.05) is 6.08 Å². The summed E-state index contributed by atoms with van der Waals surface area (Å²) in [5.41, 5.74) is 0. The zero-order chi connectivity index (χ0) is 24.2. The normalized spacial score (nSPS) is 27.7. The van der Waals surface area contributed by atoms with Crippen LogP contribution in [0.15, 0.2) is 12.2 Å². The number of hydrogen-bond acceptors (Lipinski definition) is 8. The van der Waals surface area contributed by atoms with Gasteiger partial charge in [-0.3, -0.25) is 0 Å². The predicted molar refractivity (Wildman–Crippen MR) is 136 cm³/mol. The summed E-state index contributed by atoms with van der Waals surface area (Å²) in [5.74, 6) is 0. The van der Waals surface area contributed by atoms with Gasteiger partial charge in [0.25, 0.3) is 8.53 Å². The third kappa shape index (κ3) is 10.3. The summed E-state index contributed by atoms with van der Waals surface area (Å²) in [6, 6.07) is 2.52. The zero-order valence-electron chi connectivity index (χ0n) is 20.2. The highest BCUT2D eigenvalue weighted by Gasteiger charge is 2.40. The number of carbonyl (C=O) groups is 1. The first-order valence-corrected chi connectivity index (χ1v) is 14.2. The highest BCUT2D eigenvalue weighted by molar-refractivity contribution is 14.1. The van der Waals surface area contributed by atoms with E-state index in [0.717, 1.165) is 25.7 Å². The van der Waals surface area contributed by atoms with Crippen LogP contribution in [0, 0.1) is 11.3 Å². The average molecular weight is 596 g/mol. The van der Waals surface area contributed by atoms with Crippen LogP contribution in [0.4, 0.5) is 4.79 Å². The van der Waals surface area contributed by atoms with E-state index in [1.54, 1.807) is 0 Å². The van der Waals surface area contributed by atoms with Crippen molar-refractivity contribution in [3.05, 3.63) is 12.2 Å². The van der Waals surface area contributed by atoms with E-state index in [-0.39, 0.29) is 35.0 Å². The lowest BCUT2D eigenvalue weighted by Crippen LogP contribution is -2.37. The summed E-state index contributed by atoms with van der Waals surface area (Å²) in [6.45, 7) is 8.75. The molecule has 0 radical (unpaired) electrons. The highest BCUT2D eigenvalue weighted by Crippen LogP contribution is 2.49. The fraction of sp³-hybridized carbons (Fsp3) is 0.826. The van der Waals surface area contributed by atoms with Gasteiger partial charge in [-0.2, -0.15) is 5.26 Å². The molecule has 8 nitrogen and oxygen atoms in total. The Labute approximate surface area is 213 Å². The average Bonchev–Trinajstić information content (AvgIpc) is 3.07. The lowest BCUT2D eigenvalue weighted by atomic mass is 10.0. The number of hydrogen-bond donors (Lipinski definition) is 0. The van der Waals surface area contributed by atoms with Crippen LogP contribution in [0.25, 0.3) is 0 Å². The molecule has 0 bridgehead atoms.